The molecule has 3 rings (SSSR count). The number of anilines is 2. The second-order valence-electron chi connectivity index (χ2n) is 6.38. The lowest BCUT2D eigenvalue weighted by Gasteiger charge is -2.37. The largest absolute Gasteiger partial charge is 0.323 e. The average molecular weight is 295 g/mol. The molecule has 0 amide bonds. The van der Waals surface area contributed by atoms with Crippen LogP contribution in [0.2, 0.25) is 0 Å². The first-order valence-electron chi connectivity index (χ1n) is 8.01. The van der Waals surface area contributed by atoms with E-state index in [4.69, 9.17) is 4.98 Å². The SMILES string of the molecule is Cc1cc(C)c(N2c3ccccc3CCN(C)[C@@H]2C)c(C)n1. The van der Waals surface area contributed by atoms with Crippen molar-refractivity contribution in [2.24, 2.45) is 0 Å². The minimum atomic E-state index is 0.311. The van der Waals surface area contributed by atoms with Gasteiger partial charge in [0.15, 0.2) is 0 Å². The molecule has 1 aliphatic heterocycles. The van der Waals surface area contributed by atoms with E-state index in [0.29, 0.717) is 6.17 Å². The van der Waals surface area contributed by atoms with E-state index >= 15 is 0 Å². The Morgan fingerprint density at radius 3 is 2.59 bits per heavy atom. The van der Waals surface area contributed by atoms with Crippen molar-refractivity contribution >= 4 is 11.4 Å². The van der Waals surface area contributed by atoms with Gasteiger partial charge in [-0.05, 0) is 64.4 Å². The van der Waals surface area contributed by atoms with Crippen LogP contribution in [0.25, 0.3) is 0 Å². The van der Waals surface area contributed by atoms with Crippen LogP contribution in [-0.2, 0) is 6.42 Å². The third-order valence-corrected chi connectivity index (χ3v) is 4.72. The van der Waals surface area contributed by atoms with Gasteiger partial charge in [-0.1, -0.05) is 18.2 Å². The Morgan fingerprint density at radius 2 is 1.86 bits per heavy atom. The number of hydrogen-bond donors (Lipinski definition) is 0. The Hall–Kier alpha value is -1.87. The van der Waals surface area contributed by atoms with E-state index in [1.807, 2.05) is 0 Å². The maximum Gasteiger partial charge on any atom is 0.0840 e. The van der Waals surface area contributed by atoms with Gasteiger partial charge in [0.1, 0.15) is 0 Å². The Labute approximate surface area is 133 Å². The molecule has 2 heterocycles. The van der Waals surface area contributed by atoms with Crippen LogP contribution >= 0.6 is 0 Å². The van der Waals surface area contributed by atoms with E-state index in [-0.39, 0.29) is 0 Å². The quantitative estimate of drug-likeness (QED) is 0.793. The van der Waals surface area contributed by atoms with Crippen molar-refractivity contribution in [1.29, 1.82) is 0 Å². The molecule has 3 heteroatoms. The molecule has 0 bridgehead atoms. The lowest BCUT2D eigenvalue weighted by molar-refractivity contribution is 0.271. The highest BCUT2D eigenvalue weighted by Crippen LogP contribution is 2.37. The zero-order valence-corrected chi connectivity index (χ0v) is 14.2. The summed E-state index contributed by atoms with van der Waals surface area (Å²) in [4.78, 5) is 9.59. The number of nitrogens with zero attached hydrogens (tertiary/aromatic N) is 3. The third kappa shape index (κ3) is 2.50. The number of hydrogen-bond acceptors (Lipinski definition) is 3. The molecule has 0 N–H and O–H groups in total. The van der Waals surface area contributed by atoms with E-state index in [1.54, 1.807) is 0 Å². The minimum absolute atomic E-state index is 0.311. The Balaban J connectivity index is 2.23. The molecule has 0 fully saturated rings. The molecule has 1 aliphatic rings. The highest BCUT2D eigenvalue weighted by molar-refractivity contribution is 5.72. The third-order valence-electron chi connectivity index (χ3n) is 4.72. The summed E-state index contributed by atoms with van der Waals surface area (Å²) in [5, 5.41) is 0. The van der Waals surface area contributed by atoms with Gasteiger partial charge in [-0.3, -0.25) is 9.88 Å². The molecule has 1 aromatic heterocycles. The van der Waals surface area contributed by atoms with Gasteiger partial charge in [-0.2, -0.15) is 0 Å². The Kier molecular flexibility index (Phi) is 3.92. The Bertz CT molecular complexity index is 670. The fourth-order valence-electron chi connectivity index (χ4n) is 3.53. The molecule has 0 saturated carbocycles. The Morgan fingerprint density at radius 1 is 1.14 bits per heavy atom. The van der Waals surface area contributed by atoms with Crippen molar-refractivity contribution in [2.75, 3.05) is 18.5 Å². The average Bonchev–Trinajstić information content (AvgIpc) is 2.58. The maximum atomic E-state index is 4.71. The van der Waals surface area contributed by atoms with Gasteiger partial charge in [-0.15, -0.1) is 0 Å². The molecule has 0 saturated heterocycles. The number of aromatic nitrogens is 1. The monoisotopic (exact) mass is 295 g/mol. The number of fused-ring (bicyclic) bond motifs is 1. The van der Waals surface area contributed by atoms with Crippen molar-refractivity contribution < 1.29 is 0 Å². The van der Waals surface area contributed by atoms with Gasteiger partial charge in [-0.25, -0.2) is 0 Å². The smallest absolute Gasteiger partial charge is 0.0840 e. The zero-order valence-electron chi connectivity index (χ0n) is 14.2. The number of benzene rings is 1. The summed E-state index contributed by atoms with van der Waals surface area (Å²) in [5.41, 5.74) is 7.47. The molecule has 2 aromatic rings. The molecule has 0 radical (unpaired) electrons. The van der Waals surface area contributed by atoms with Gasteiger partial charge in [0, 0.05) is 17.9 Å². The fourth-order valence-corrected chi connectivity index (χ4v) is 3.53. The van der Waals surface area contributed by atoms with Crippen LogP contribution in [0.15, 0.2) is 30.3 Å². The van der Waals surface area contributed by atoms with Crippen LogP contribution in [0.3, 0.4) is 0 Å². The summed E-state index contributed by atoms with van der Waals surface area (Å²) < 4.78 is 0. The van der Waals surface area contributed by atoms with E-state index < -0.39 is 0 Å². The van der Waals surface area contributed by atoms with Crippen molar-refractivity contribution in [1.82, 2.24) is 9.88 Å². The van der Waals surface area contributed by atoms with Crippen LogP contribution in [0.5, 0.6) is 0 Å². The lowest BCUT2D eigenvalue weighted by Crippen LogP contribution is -2.42. The number of pyridine rings is 1. The number of aryl methyl sites for hydroxylation is 3. The van der Waals surface area contributed by atoms with Crippen LogP contribution in [-0.4, -0.2) is 29.6 Å². The van der Waals surface area contributed by atoms with Crippen molar-refractivity contribution in [3.05, 3.63) is 52.8 Å². The number of para-hydroxylation sites is 1. The standard InChI is InChI=1S/C19H25N3/c1-13-12-14(2)20-15(3)19(13)22-16(4)21(5)11-10-17-8-6-7-9-18(17)22/h6-9,12,16H,10-11H2,1-5H3/t16-/m0/s1. The molecule has 0 spiro atoms. The van der Waals surface area contributed by atoms with Gasteiger partial charge in [0.05, 0.1) is 17.5 Å². The van der Waals surface area contributed by atoms with Gasteiger partial charge in [0.25, 0.3) is 0 Å². The van der Waals surface area contributed by atoms with Crippen molar-refractivity contribution in [2.45, 2.75) is 40.3 Å². The number of rotatable bonds is 1. The first-order valence-corrected chi connectivity index (χ1v) is 8.01. The van der Waals surface area contributed by atoms with Crippen LogP contribution in [0.4, 0.5) is 11.4 Å². The molecular formula is C19H25N3. The molecule has 22 heavy (non-hydrogen) atoms. The normalized spacial score (nSPS) is 19.0. The summed E-state index contributed by atoms with van der Waals surface area (Å²) in [5.74, 6) is 0. The second-order valence-corrected chi connectivity index (χ2v) is 6.38. The maximum absolute atomic E-state index is 4.71. The predicted octanol–water partition coefficient (Wildman–Crippen LogP) is 3.98. The lowest BCUT2D eigenvalue weighted by atomic mass is 10.1. The first kappa shape index (κ1) is 15.0. The topological polar surface area (TPSA) is 19.4 Å². The molecular weight excluding hydrogens is 270 g/mol. The summed E-state index contributed by atoms with van der Waals surface area (Å²) >= 11 is 0. The highest BCUT2D eigenvalue weighted by Gasteiger charge is 2.28. The van der Waals surface area contributed by atoms with Gasteiger partial charge >= 0.3 is 0 Å². The van der Waals surface area contributed by atoms with Crippen molar-refractivity contribution in [3.63, 3.8) is 0 Å². The van der Waals surface area contributed by atoms with Crippen molar-refractivity contribution in [3.8, 4) is 0 Å². The van der Waals surface area contributed by atoms with E-state index in [9.17, 15) is 0 Å². The fraction of sp³-hybridized carbons (Fsp3) is 0.421. The second kappa shape index (κ2) is 5.73. The van der Waals surface area contributed by atoms with E-state index in [2.05, 4.69) is 74.9 Å². The summed E-state index contributed by atoms with van der Waals surface area (Å²) in [6.45, 7) is 9.73. The van der Waals surface area contributed by atoms with Crippen LogP contribution < -0.4 is 4.90 Å². The van der Waals surface area contributed by atoms with E-state index in [1.165, 1.54) is 22.5 Å². The number of likely N-dealkylation sites (N-methyl/N-ethyl adjacent to an activating group) is 1. The summed E-state index contributed by atoms with van der Waals surface area (Å²) in [6, 6.07) is 10.9. The molecule has 3 nitrogen and oxygen atoms in total. The zero-order chi connectivity index (χ0) is 15.9. The minimum Gasteiger partial charge on any atom is -0.323 e. The summed E-state index contributed by atoms with van der Waals surface area (Å²) in [6.07, 6.45) is 1.40. The molecule has 1 atom stereocenters. The van der Waals surface area contributed by atoms with Crippen LogP contribution in [0.1, 0.15) is 29.4 Å². The van der Waals surface area contributed by atoms with Gasteiger partial charge in [0.2, 0.25) is 0 Å². The van der Waals surface area contributed by atoms with Crippen LogP contribution in [0, 0.1) is 20.8 Å². The summed E-state index contributed by atoms with van der Waals surface area (Å²) in [7, 11) is 2.20. The van der Waals surface area contributed by atoms with E-state index in [0.717, 1.165) is 24.4 Å². The first-order chi connectivity index (χ1) is 10.5. The predicted molar refractivity (Wildman–Crippen MR) is 92.8 cm³/mol. The molecule has 0 aliphatic carbocycles. The van der Waals surface area contributed by atoms with Gasteiger partial charge < -0.3 is 4.90 Å². The molecule has 116 valence electrons. The molecule has 0 unspecified atom stereocenters. The highest BCUT2D eigenvalue weighted by atomic mass is 15.4. The molecule has 1 aromatic carbocycles.